The molecule has 0 aliphatic rings. The monoisotopic (exact) mass is 448 g/mol. The van der Waals surface area contributed by atoms with Gasteiger partial charge in [0.1, 0.15) is 18.1 Å². The van der Waals surface area contributed by atoms with Gasteiger partial charge in [-0.3, -0.25) is 19.2 Å². The maximum atomic E-state index is 12.4. The van der Waals surface area contributed by atoms with E-state index < -0.39 is 60.2 Å². The summed E-state index contributed by atoms with van der Waals surface area (Å²) in [5, 5.41) is 25.2. The van der Waals surface area contributed by atoms with E-state index in [0.717, 1.165) is 0 Å². The Labute approximate surface area is 179 Å². The van der Waals surface area contributed by atoms with Gasteiger partial charge in [0.25, 0.3) is 0 Å². The third kappa shape index (κ3) is 11.0. The summed E-state index contributed by atoms with van der Waals surface area (Å²) in [5.74, 6) is -4.26. The van der Waals surface area contributed by atoms with Gasteiger partial charge in [-0.2, -0.15) is 11.8 Å². The van der Waals surface area contributed by atoms with Crippen LogP contribution in [-0.4, -0.2) is 76.0 Å². The minimum absolute atomic E-state index is 0.135. The normalized spacial score (nSPS) is 14.9. The van der Waals surface area contributed by atoms with Crippen molar-refractivity contribution in [2.75, 3.05) is 12.0 Å². The van der Waals surface area contributed by atoms with Crippen molar-refractivity contribution in [2.24, 2.45) is 11.7 Å². The number of carbonyl (C=O) groups is 5. The second-order valence-corrected chi connectivity index (χ2v) is 8.29. The SMILES string of the molecule is CSCCC(NC(=O)C(CC(=O)O)NC(=O)C(C)NC(=O)C(N)CC(C)C)C(=O)O. The molecule has 4 atom stereocenters. The number of hydrogen-bond acceptors (Lipinski definition) is 7. The number of amides is 3. The fourth-order valence-electron chi connectivity index (χ4n) is 2.45. The first-order chi connectivity index (χ1) is 13.9. The molecule has 0 radical (unpaired) electrons. The number of hydrogen-bond donors (Lipinski definition) is 6. The standard InChI is InChI=1S/C18H32N4O7S/c1-9(2)7-11(19)16(26)20-10(3)15(25)22-13(8-14(23)24)17(27)21-12(18(28)29)5-6-30-4/h9-13H,5-8,19H2,1-4H3,(H,20,26)(H,21,27)(H,22,25)(H,23,24)(H,28,29). The summed E-state index contributed by atoms with van der Waals surface area (Å²) in [7, 11) is 0. The number of aliphatic carboxylic acids is 2. The molecular weight excluding hydrogens is 416 g/mol. The first kappa shape index (κ1) is 27.7. The summed E-state index contributed by atoms with van der Waals surface area (Å²) in [6, 6.07) is -4.61. The lowest BCUT2D eigenvalue weighted by molar-refractivity contribution is -0.143. The number of nitrogens with two attached hydrogens (primary N) is 1. The quantitative estimate of drug-likeness (QED) is 0.197. The summed E-state index contributed by atoms with van der Waals surface area (Å²) in [6.45, 7) is 5.15. The van der Waals surface area contributed by atoms with Crippen LogP contribution in [0.1, 0.15) is 40.0 Å². The van der Waals surface area contributed by atoms with Crippen LogP contribution in [0.4, 0.5) is 0 Å². The molecule has 12 heteroatoms. The number of rotatable bonds is 14. The molecule has 0 aliphatic carbocycles. The van der Waals surface area contributed by atoms with Crippen LogP contribution in [0, 0.1) is 5.92 Å². The Balaban J connectivity index is 5.07. The lowest BCUT2D eigenvalue weighted by Gasteiger charge is -2.23. The van der Waals surface area contributed by atoms with Crippen LogP contribution in [0.2, 0.25) is 0 Å². The summed E-state index contributed by atoms with van der Waals surface area (Å²) in [6.07, 6.45) is 1.57. The molecule has 0 bridgehead atoms. The molecule has 4 unspecified atom stereocenters. The fourth-order valence-corrected chi connectivity index (χ4v) is 2.92. The minimum Gasteiger partial charge on any atom is -0.481 e. The zero-order valence-corrected chi connectivity index (χ0v) is 18.5. The van der Waals surface area contributed by atoms with E-state index in [2.05, 4.69) is 16.0 Å². The van der Waals surface area contributed by atoms with Gasteiger partial charge in [-0.05, 0) is 37.7 Å². The topological polar surface area (TPSA) is 188 Å². The number of carbonyl (C=O) groups excluding carboxylic acids is 3. The Morgan fingerprint density at radius 3 is 1.93 bits per heavy atom. The predicted octanol–water partition coefficient (Wildman–Crippen LogP) is -0.853. The largest absolute Gasteiger partial charge is 0.481 e. The maximum Gasteiger partial charge on any atom is 0.326 e. The Hall–Kier alpha value is -2.34. The van der Waals surface area contributed by atoms with Crippen molar-refractivity contribution in [3.8, 4) is 0 Å². The highest BCUT2D eigenvalue weighted by Gasteiger charge is 2.30. The molecule has 0 aromatic carbocycles. The van der Waals surface area contributed by atoms with E-state index in [9.17, 15) is 29.1 Å². The van der Waals surface area contributed by atoms with Crippen molar-refractivity contribution >= 4 is 41.4 Å². The van der Waals surface area contributed by atoms with E-state index in [4.69, 9.17) is 10.8 Å². The predicted molar refractivity (Wildman–Crippen MR) is 112 cm³/mol. The van der Waals surface area contributed by atoms with Gasteiger partial charge >= 0.3 is 11.9 Å². The second kappa shape index (κ2) is 13.8. The molecule has 0 aliphatic heterocycles. The van der Waals surface area contributed by atoms with Gasteiger partial charge < -0.3 is 31.9 Å². The van der Waals surface area contributed by atoms with Crippen molar-refractivity contribution in [2.45, 2.75) is 64.2 Å². The Kier molecular flexibility index (Phi) is 12.7. The van der Waals surface area contributed by atoms with Crippen LogP contribution < -0.4 is 21.7 Å². The van der Waals surface area contributed by atoms with E-state index in [-0.39, 0.29) is 12.3 Å². The van der Waals surface area contributed by atoms with Gasteiger partial charge in [-0.25, -0.2) is 4.79 Å². The lowest BCUT2D eigenvalue weighted by Crippen LogP contribution is -2.56. The van der Waals surface area contributed by atoms with Gasteiger partial charge in [0.15, 0.2) is 0 Å². The summed E-state index contributed by atoms with van der Waals surface area (Å²) >= 11 is 1.39. The third-order valence-corrected chi connectivity index (χ3v) is 4.70. The molecule has 0 heterocycles. The van der Waals surface area contributed by atoms with Gasteiger partial charge in [0.2, 0.25) is 17.7 Å². The van der Waals surface area contributed by atoms with Gasteiger partial charge in [0, 0.05) is 0 Å². The van der Waals surface area contributed by atoms with E-state index >= 15 is 0 Å². The van der Waals surface area contributed by atoms with E-state index in [1.165, 1.54) is 18.7 Å². The smallest absolute Gasteiger partial charge is 0.326 e. The summed E-state index contributed by atoms with van der Waals surface area (Å²) in [5.41, 5.74) is 5.76. The molecule has 0 rings (SSSR count). The molecule has 7 N–H and O–H groups in total. The van der Waals surface area contributed by atoms with E-state index in [0.29, 0.717) is 12.2 Å². The average Bonchev–Trinajstić information content (AvgIpc) is 2.62. The van der Waals surface area contributed by atoms with Crippen molar-refractivity contribution in [1.82, 2.24) is 16.0 Å². The average molecular weight is 449 g/mol. The zero-order chi connectivity index (χ0) is 23.4. The molecule has 0 saturated heterocycles. The molecule has 3 amide bonds. The molecule has 0 spiro atoms. The maximum absolute atomic E-state index is 12.4. The molecule has 0 aromatic heterocycles. The van der Waals surface area contributed by atoms with Gasteiger partial charge in [-0.1, -0.05) is 13.8 Å². The van der Waals surface area contributed by atoms with Crippen molar-refractivity contribution in [3.05, 3.63) is 0 Å². The number of carboxylic acids is 2. The van der Waals surface area contributed by atoms with Crippen molar-refractivity contribution in [3.63, 3.8) is 0 Å². The highest BCUT2D eigenvalue weighted by Crippen LogP contribution is 2.04. The molecule has 0 fully saturated rings. The molecule has 172 valence electrons. The van der Waals surface area contributed by atoms with E-state index in [1.807, 2.05) is 13.8 Å². The number of nitrogens with one attached hydrogen (secondary N) is 3. The van der Waals surface area contributed by atoms with Crippen molar-refractivity contribution < 1.29 is 34.2 Å². The van der Waals surface area contributed by atoms with Crippen LogP contribution >= 0.6 is 11.8 Å². The summed E-state index contributed by atoms with van der Waals surface area (Å²) < 4.78 is 0. The Morgan fingerprint density at radius 2 is 1.47 bits per heavy atom. The lowest BCUT2D eigenvalue weighted by atomic mass is 10.0. The minimum atomic E-state index is -1.50. The molecule has 0 aromatic rings. The first-order valence-corrected chi connectivity index (χ1v) is 10.9. The zero-order valence-electron chi connectivity index (χ0n) is 17.6. The van der Waals surface area contributed by atoms with Crippen LogP contribution in [0.25, 0.3) is 0 Å². The second-order valence-electron chi connectivity index (χ2n) is 7.31. The van der Waals surface area contributed by atoms with Crippen LogP contribution in [0.15, 0.2) is 0 Å². The number of thioether (sulfide) groups is 1. The first-order valence-electron chi connectivity index (χ1n) is 9.49. The van der Waals surface area contributed by atoms with E-state index in [1.54, 1.807) is 6.26 Å². The molecule has 30 heavy (non-hydrogen) atoms. The molecule has 0 saturated carbocycles. The molecular formula is C18H32N4O7S. The fraction of sp³-hybridized carbons (Fsp3) is 0.722. The van der Waals surface area contributed by atoms with Crippen LogP contribution in [0.3, 0.4) is 0 Å². The van der Waals surface area contributed by atoms with Crippen LogP contribution in [-0.2, 0) is 24.0 Å². The van der Waals surface area contributed by atoms with Gasteiger partial charge in [0.05, 0.1) is 12.5 Å². The van der Waals surface area contributed by atoms with Gasteiger partial charge in [-0.15, -0.1) is 0 Å². The Bertz CT molecular complexity index is 630. The highest BCUT2D eigenvalue weighted by atomic mass is 32.2. The van der Waals surface area contributed by atoms with Crippen LogP contribution in [0.5, 0.6) is 0 Å². The highest BCUT2D eigenvalue weighted by molar-refractivity contribution is 7.98. The summed E-state index contributed by atoms with van der Waals surface area (Å²) in [4.78, 5) is 59.2. The van der Waals surface area contributed by atoms with Crippen molar-refractivity contribution in [1.29, 1.82) is 0 Å². The molecule has 11 nitrogen and oxygen atoms in total. The Morgan fingerprint density at radius 1 is 0.900 bits per heavy atom. The third-order valence-electron chi connectivity index (χ3n) is 4.05. The number of carboxylic acid groups (broad SMARTS) is 2.